The van der Waals surface area contributed by atoms with E-state index in [1.165, 1.54) is 35.2 Å². The zero-order chi connectivity index (χ0) is 26.7. The molecule has 2 N–H and O–H groups in total. The molecule has 2 amide bonds. The molecular formula is C24H25F3N2O6S. The Balaban J connectivity index is 1.64. The second kappa shape index (κ2) is 8.56. The van der Waals surface area contributed by atoms with Gasteiger partial charge < -0.3 is 20.1 Å². The van der Waals surface area contributed by atoms with E-state index in [-0.39, 0.29) is 36.2 Å². The van der Waals surface area contributed by atoms with E-state index < -0.39 is 44.5 Å². The minimum Gasteiger partial charge on any atom is -0.379 e. The third-order valence-electron chi connectivity index (χ3n) is 6.62. The number of hydrogen-bond donors (Lipinski definition) is 2. The number of nitrogens with zero attached hydrogens (tertiary/aromatic N) is 1. The van der Waals surface area contributed by atoms with Gasteiger partial charge >= 0.3 is 6.18 Å². The van der Waals surface area contributed by atoms with Gasteiger partial charge in [0, 0.05) is 18.5 Å². The van der Waals surface area contributed by atoms with Gasteiger partial charge in [-0.15, -0.1) is 0 Å². The van der Waals surface area contributed by atoms with Gasteiger partial charge in [0.05, 0.1) is 23.5 Å². The molecule has 4 rings (SSSR count). The molecule has 0 aliphatic carbocycles. The molecule has 2 aliphatic rings. The normalized spacial score (nSPS) is 20.8. The fourth-order valence-electron chi connectivity index (χ4n) is 4.26. The summed E-state index contributed by atoms with van der Waals surface area (Å²) in [7, 11) is -3.52. The van der Waals surface area contributed by atoms with E-state index in [9.17, 15) is 36.3 Å². The van der Waals surface area contributed by atoms with Crippen molar-refractivity contribution in [1.82, 2.24) is 4.90 Å². The number of aliphatic hydroxyl groups is 1. The Morgan fingerprint density at radius 3 is 2.25 bits per heavy atom. The number of rotatable bonds is 5. The van der Waals surface area contributed by atoms with Crippen LogP contribution in [0.25, 0.3) is 0 Å². The van der Waals surface area contributed by atoms with Gasteiger partial charge in [-0.25, -0.2) is 8.42 Å². The van der Waals surface area contributed by atoms with Crippen LogP contribution >= 0.6 is 0 Å². The van der Waals surface area contributed by atoms with Crippen LogP contribution in [0.3, 0.4) is 0 Å². The van der Waals surface area contributed by atoms with E-state index in [0.717, 1.165) is 18.4 Å². The van der Waals surface area contributed by atoms with Gasteiger partial charge in [0.15, 0.2) is 15.4 Å². The van der Waals surface area contributed by atoms with Crippen LogP contribution in [0.5, 0.6) is 0 Å². The van der Waals surface area contributed by atoms with Crippen LogP contribution in [0.15, 0.2) is 47.4 Å². The molecule has 194 valence electrons. The SMILES string of the molecule is CC1(C(=O)N2Cc3cc(S(C)(=O)=O)ccc3C2C(=O)Nc2ccc(C(C)(O)C(F)(F)F)cc2)COC1. The summed E-state index contributed by atoms with van der Waals surface area (Å²) >= 11 is 0. The molecule has 2 aliphatic heterocycles. The number of carbonyl (C=O) groups excluding carboxylic acids is 2. The molecule has 1 saturated heterocycles. The van der Waals surface area contributed by atoms with Crippen molar-refractivity contribution in [2.24, 2.45) is 5.41 Å². The maximum Gasteiger partial charge on any atom is 0.421 e. The van der Waals surface area contributed by atoms with Crippen molar-refractivity contribution in [2.75, 3.05) is 24.8 Å². The molecule has 2 aromatic carbocycles. The number of fused-ring (bicyclic) bond motifs is 1. The van der Waals surface area contributed by atoms with Crippen molar-refractivity contribution < 1.29 is 41.0 Å². The average molecular weight is 527 g/mol. The number of nitrogens with one attached hydrogen (secondary N) is 1. The van der Waals surface area contributed by atoms with Crippen LogP contribution in [-0.4, -0.2) is 55.9 Å². The summed E-state index contributed by atoms with van der Waals surface area (Å²) < 4.78 is 68.6. The molecule has 0 aromatic heterocycles. The number of anilines is 1. The highest BCUT2D eigenvalue weighted by Crippen LogP contribution is 2.41. The first kappa shape index (κ1) is 26.1. The molecule has 2 unspecified atom stereocenters. The smallest absolute Gasteiger partial charge is 0.379 e. The molecule has 2 atom stereocenters. The van der Waals surface area contributed by atoms with Gasteiger partial charge in [0.1, 0.15) is 6.04 Å². The molecule has 0 spiro atoms. The first-order valence-corrected chi connectivity index (χ1v) is 12.9. The Labute approximate surface area is 206 Å². The Hall–Kier alpha value is -2.96. The van der Waals surface area contributed by atoms with Crippen molar-refractivity contribution in [2.45, 2.75) is 43.1 Å². The van der Waals surface area contributed by atoms with E-state index in [2.05, 4.69) is 5.32 Å². The fraction of sp³-hybridized carbons (Fsp3) is 0.417. The minimum absolute atomic E-state index is 0.0125. The lowest BCUT2D eigenvalue weighted by atomic mass is 9.86. The van der Waals surface area contributed by atoms with Gasteiger partial charge in [-0.05, 0) is 54.8 Å². The predicted molar refractivity (Wildman–Crippen MR) is 122 cm³/mol. The van der Waals surface area contributed by atoms with Gasteiger partial charge in [0.2, 0.25) is 5.91 Å². The van der Waals surface area contributed by atoms with E-state index in [4.69, 9.17) is 4.74 Å². The van der Waals surface area contributed by atoms with Crippen LogP contribution in [0.1, 0.15) is 36.6 Å². The first-order chi connectivity index (χ1) is 16.5. The number of ether oxygens (including phenoxy) is 1. The summed E-state index contributed by atoms with van der Waals surface area (Å²) in [4.78, 5) is 28.1. The van der Waals surface area contributed by atoms with Crippen LogP contribution < -0.4 is 5.32 Å². The lowest BCUT2D eigenvalue weighted by Crippen LogP contribution is -2.54. The standard InChI is InChI=1S/C24H25F3N2O6S/c1-22(12-35-13-22)21(31)29-11-14-10-17(36(3,33)34)8-9-18(14)19(29)20(30)28-16-6-4-15(5-7-16)23(2,32)24(25,26)27/h4-10,19,32H,11-13H2,1-3H3,(H,28,30). The average Bonchev–Trinajstić information content (AvgIpc) is 3.14. The largest absolute Gasteiger partial charge is 0.421 e. The highest BCUT2D eigenvalue weighted by atomic mass is 32.2. The Kier molecular flexibility index (Phi) is 6.21. The van der Waals surface area contributed by atoms with Crippen molar-refractivity contribution in [3.63, 3.8) is 0 Å². The quantitative estimate of drug-likeness (QED) is 0.620. The summed E-state index contributed by atoms with van der Waals surface area (Å²) in [5.41, 5.74) is -3.18. The highest BCUT2D eigenvalue weighted by Gasteiger charge is 2.51. The predicted octanol–water partition coefficient (Wildman–Crippen LogP) is 2.92. The van der Waals surface area contributed by atoms with Gasteiger partial charge in [0.25, 0.3) is 5.91 Å². The van der Waals surface area contributed by atoms with Crippen molar-refractivity contribution >= 4 is 27.3 Å². The van der Waals surface area contributed by atoms with Crippen LogP contribution in [0.2, 0.25) is 0 Å². The first-order valence-electron chi connectivity index (χ1n) is 11.0. The van der Waals surface area contributed by atoms with Crippen molar-refractivity contribution in [3.05, 3.63) is 59.2 Å². The molecule has 2 aromatic rings. The second-order valence-corrected chi connectivity index (χ2v) is 11.7. The zero-order valence-electron chi connectivity index (χ0n) is 19.7. The lowest BCUT2D eigenvalue weighted by Gasteiger charge is -2.40. The van der Waals surface area contributed by atoms with E-state index in [1.54, 1.807) is 6.92 Å². The molecule has 36 heavy (non-hydrogen) atoms. The topological polar surface area (TPSA) is 113 Å². The fourth-order valence-corrected chi connectivity index (χ4v) is 4.93. The van der Waals surface area contributed by atoms with Gasteiger partial charge in [-0.1, -0.05) is 18.2 Å². The third kappa shape index (κ3) is 4.48. The highest BCUT2D eigenvalue weighted by molar-refractivity contribution is 7.90. The number of carbonyl (C=O) groups is 2. The van der Waals surface area contributed by atoms with E-state index in [1.807, 2.05) is 0 Å². The number of halogens is 3. The Bertz CT molecular complexity index is 1320. The number of hydrogen-bond acceptors (Lipinski definition) is 6. The summed E-state index contributed by atoms with van der Waals surface area (Å²) in [6.07, 6.45) is -3.83. The molecular weight excluding hydrogens is 501 g/mol. The molecule has 2 heterocycles. The van der Waals surface area contributed by atoms with E-state index >= 15 is 0 Å². The van der Waals surface area contributed by atoms with Crippen LogP contribution in [0.4, 0.5) is 18.9 Å². The number of alkyl halides is 3. The summed E-state index contributed by atoms with van der Waals surface area (Å²) in [6.45, 7) is 2.72. The van der Waals surface area contributed by atoms with Crippen molar-refractivity contribution in [3.8, 4) is 0 Å². The Morgan fingerprint density at radius 1 is 1.14 bits per heavy atom. The molecule has 8 nitrogen and oxygen atoms in total. The van der Waals surface area contributed by atoms with Crippen LogP contribution in [0, 0.1) is 5.41 Å². The monoisotopic (exact) mass is 526 g/mol. The lowest BCUT2D eigenvalue weighted by molar-refractivity contribution is -0.258. The number of sulfone groups is 1. The Morgan fingerprint density at radius 2 is 1.75 bits per heavy atom. The maximum absolute atomic E-state index is 13.4. The van der Waals surface area contributed by atoms with E-state index in [0.29, 0.717) is 18.1 Å². The zero-order valence-corrected chi connectivity index (χ0v) is 20.5. The van der Waals surface area contributed by atoms with Crippen molar-refractivity contribution in [1.29, 1.82) is 0 Å². The molecule has 0 bridgehead atoms. The minimum atomic E-state index is -4.89. The van der Waals surface area contributed by atoms with Gasteiger partial charge in [-0.3, -0.25) is 9.59 Å². The summed E-state index contributed by atoms with van der Waals surface area (Å²) in [5.74, 6) is -0.948. The van der Waals surface area contributed by atoms with Gasteiger partial charge in [-0.2, -0.15) is 13.2 Å². The number of amides is 2. The summed E-state index contributed by atoms with van der Waals surface area (Å²) in [6, 6.07) is 7.77. The summed E-state index contributed by atoms with van der Waals surface area (Å²) in [5, 5.41) is 12.5. The van der Waals surface area contributed by atoms with Crippen LogP contribution in [-0.2, 0) is 36.3 Å². The number of benzene rings is 2. The third-order valence-corrected chi connectivity index (χ3v) is 7.73. The molecule has 1 fully saturated rings. The maximum atomic E-state index is 13.4. The molecule has 12 heteroatoms. The molecule has 0 saturated carbocycles. The molecule has 0 radical (unpaired) electrons. The second-order valence-electron chi connectivity index (χ2n) is 9.66.